The zero-order chi connectivity index (χ0) is 22.4. The van der Waals surface area contributed by atoms with Crippen LogP contribution in [0.2, 0.25) is 0 Å². The number of hydrogen-bond donors (Lipinski definition) is 0. The van der Waals surface area contributed by atoms with Crippen LogP contribution in [0.4, 0.5) is 10.2 Å². The molecule has 2 aliphatic heterocycles. The number of aryl methyl sites for hydroxylation is 2. The van der Waals surface area contributed by atoms with Gasteiger partial charge in [-0.3, -0.25) is 9.48 Å². The highest BCUT2D eigenvalue weighted by molar-refractivity contribution is 6.12. The van der Waals surface area contributed by atoms with Crippen LogP contribution in [0.1, 0.15) is 35.7 Å². The fourth-order valence-electron chi connectivity index (χ4n) is 4.27. The minimum atomic E-state index is -0.757. The van der Waals surface area contributed by atoms with Crippen molar-refractivity contribution in [3.63, 3.8) is 0 Å². The fourth-order valence-corrected chi connectivity index (χ4v) is 4.27. The van der Waals surface area contributed by atoms with Crippen LogP contribution in [-0.4, -0.2) is 49.4 Å². The van der Waals surface area contributed by atoms with Gasteiger partial charge in [-0.1, -0.05) is 6.92 Å². The van der Waals surface area contributed by atoms with Gasteiger partial charge in [0.25, 0.3) is 5.91 Å². The van der Waals surface area contributed by atoms with Gasteiger partial charge in [0.15, 0.2) is 5.82 Å². The molecule has 1 atom stereocenters. The number of halogens is 1. The second-order valence-corrected chi connectivity index (χ2v) is 8.42. The number of anilines is 1. The van der Waals surface area contributed by atoms with Crippen molar-refractivity contribution in [1.29, 1.82) is 0 Å². The third-order valence-corrected chi connectivity index (χ3v) is 5.80. The maximum Gasteiger partial charge on any atom is 0.278 e. The maximum absolute atomic E-state index is 14.4. The summed E-state index contributed by atoms with van der Waals surface area (Å²) in [5.41, 5.74) is 1.98. The first-order chi connectivity index (χ1) is 15.4. The predicted molar refractivity (Wildman–Crippen MR) is 116 cm³/mol. The maximum atomic E-state index is 14.4. The van der Waals surface area contributed by atoms with E-state index in [1.807, 2.05) is 18.1 Å². The Balaban J connectivity index is 1.59. The van der Waals surface area contributed by atoms with Crippen molar-refractivity contribution in [1.82, 2.24) is 24.5 Å². The first-order valence-corrected chi connectivity index (χ1v) is 10.6. The molecule has 9 nitrogen and oxygen atoms in total. The van der Waals surface area contributed by atoms with Crippen molar-refractivity contribution < 1.29 is 13.9 Å². The van der Waals surface area contributed by atoms with Gasteiger partial charge in [0.1, 0.15) is 5.84 Å². The summed E-state index contributed by atoms with van der Waals surface area (Å²) >= 11 is 0. The topological polar surface area (TPSA) is 90.4 Å². The lowest BCUT2D eigenvalue weighted by molar-refractivity contribution is 0.100. The van der Waals surface area contributed by atoms with Crippen molar-refractivity contribution in [2.75, 3.05) is 18.1 Å². The van der Waals surface area contributed by atoms with Crippen molar-refractivity contribution in [2.45, 2.75) is 26.2 Å². The Morgan fingerprint density at radius 1 is 1.25 bits per heavy atom. The average molecular weight is 437 g/mol. The zero-order valence-corrected chi connectivity index (χ0v) is 18.2. The van der Waals surface area contributed by atoms with Gasteiger partial charge in [-0.2, -0.15) is 19.6 Å². The second kappa shape index (κ2) is 7.85. The average Bonchev–Trinajstić information content (AvgIpc) is 3.38. The predicted octanol–water partition coefficient (Wildman–Crippen LogP) is 2.76. The highest BCUT2D eigenvalue weighted by Gasteiger charge is 2.31. The molecule has 0 unspecified atom stereocenters. The van der Waals surface area contributed by atoms with E-state index < -0.39 is 11.9 Å². The molecule has 0 saturated heterocycles. The van der Waals surface area contributed by atoms with Crippen molar-refractivity contribution >= 4 is 17.6 Å². The number of amides is 1. The van der Waals surface area contributed by atoms with E-state index in [1.165, 1.54) is 6.07 Å². The molecule has 10 heteroatoms. The molecule has 0 N–H and O–H groups in total. The lowest BCUT2D eigenvalue weighted by Crippen LogP contribution is -2.33. The molecule has 3 aromatic heterocycles. The molecule has 1 amide bonds. The molecule has 0 fully saturated rings. The number of hydrogen-bond acceptors (Lipinski definition) is 6. The summed E-state index contributed by atoms with van der Waals surface area (Å²) in [6.07, 6.45) is 5.78. The van der Waals surface area contributed by atoms with E-state index in [0.29, 0.717) is 42.8 Å². The highest BCUT2D eigenvalue weighted by atomic mass is 19.1. The largest absolute Gasteiger partial charge is 0.477 e. The van der Waals surface area contributed by atoms with Gasteiger partial charge in [-0.15, -0.1) is 0 Å². The highest BCUT2D eigenvalue weighted by Crippen LogP contribution is 2.32. The molecule has 2 bridgehead atoms. The summed E-state index contributed by atoms with van der Waals surface area (Å²) in [6, 6.07) is 2.64. The van der Waals surface area contributed by atoms with E-state index in [2.05, 4.69) is 27.1 Å². The second-order valence-electron chi connectivity index (χ2n) is 8.42. The smallest absolute Gasteiger partial charge is 0.278 e. The Morgan fingerprint density at radius 2 is 2.09 bits per heavy atom. The van der Waals surface area contributed by atoms with E-state index in [1.54, 1.807) is 22.6 Å². The molecule has 2 aliphatic rings. The Hall–Kier alpha value is -3.56. The summed E-state index contributed by atoms with van der Waals surface area (Å²) in [4.78, 5) is 23.4. The first-order valence-electron chi connectivity index (χ1n) is 10.6. The first kappa shape index (κ1) is 20.3. The molecule has 32 heavy (non-hydrogen) atoms. The molecule has 0 aromatic carbocycles. The number of aromatic nitrogens is 5. The number of amidine groups is 1. The summed E-state index contributed by atoms with van der Waals surface area (Å²) < 4.78 is 23.7. The number of pyridine rings is 1. The van der Waals surface area contributed by atoms with Gasteiger partial charge in [0.05, 0.1) is 24.1 Å². The summed E-state index contributed by atoms with van der Waals surface area (Å²) in [7, 11) is 3.63. The molecular formula is C22H24FN7O2. The van der Waals surface area contributed by atoms with Crippen LogP contribution in [0, 0.1) is 11.9 Å². The van der Waals surface area contributed by atoms with Crippen LogP contribution in [0.25, 0.3) is 11.3 Å². The third kappa shape index (κ3) is 3.65. The van der Waals surface area contributed by atoms with Gasteiger partial charge in [0.2, 0.25) is 11.8 Å². The lowest BCUT2D eigenvalue weighted by Gasteiger charge is -2.23. The van der Waals surface area contributed by atoms with Crippen molar-refractivity contribution in [3.05, 3.63) is 41.6 Å². The summed E-state index contributed by atoms with van der Waals surface area (Å²) in [5.74, 6) is 0.999. The molecule has 5 heterocycles. The standard InChI is InChI=1S/C22H24FN7O2/c1-13-5-4-6-32-22-16(10-24-29(22)3)17-7-14(8-18(23)25-17)21(31)26-19-9-15-12-28(2)27-20(15)30(19)11-13/h7-8,10,12-13H,4-6,9,11H2,1-3H3/t13-/m1/s1. The number of aliphatic imine (C=N–C) groups is 1. The number of carbonyl (C=O) groups excluding carboxylic acids is 1. The number of fused-ring (bicyclic) bond motifs is 7. The summed E-state index contributed by atoms with van der Waals surface area (Å²) in [5, 5.41) is 8.79. The van der Waals surface area contributed by atoms with Crippen molar-refractivity contribution in [2.24, 2.45) is 25.0 Å². The molecule has 3 aromatic rings. The van der Waals surface area contributed by atoms with Crippen LogP contribution >= 0.6 is 0 Å². The van der Waals surface area contributed by atoms with E-state index in [4.69, 9.17) is 4.74 Å². The molecule has 0 saturated carbocycles. The minimum absolute atomic E-state index is 0.128. The molecule has 5 rings (SSSR count). The quantitative estimate of drug-likeness (QED) is 0.503. The van der Waals surface area contributed by atoms with Gasteiger partial charge >= 0.3 is 0 Å². The van der Waals surface area contributed by atoms with E-state index in [9.17, 15) is 9.18 Å². The van der Waals surface area contributed by atoms with Crippen LogP contribution in [0.5, 0.6) is 5.88 Å². The van der Waals surface area contributed by atoms with Gasteiger partial charge in [-0.05, 0) is 24.8 Å². The Kier molecular flexibility index (Phi) is 4.99. The van der Waals surface area contributed by atoms with Crippen LogP contribution in [0.3, 0.4) is 0 Å². The normalized spacial score (nSPS) is 18.8. The van der Waals surface area contributed by atoms with Gasteiger partial charge < -0.3 is 9.64 Å². The Bertz CT molecular complexity index is 1230. The SMILES string of the molecule is C[C@@H]1CCCOc2c(cnn2C)-c2cc(cc(F)n2)C(=O)N=C2Cc3cn(C)nc3N2C1. The molecule has 166 valence electrons. The third-order valence-electron chi connectivity index (χ3n) is 5.80. The fraction of sp³-hybridized carbons (Fsp3) is 0.409. The van der Waals surface area contributed by atoms with Gasteiger partial charge in [-0.25, -0.2) is 9.67 Å². The van der Waals surface area contributed by atoms with E-state index in [0.717, 1.165) is 30.3 Å². The molecular weight excluding hydrogens is 413 g/mol. The summed E-state index contributed by atoms with van der Waals surface area (Å²) in [6.45, 7) is 3.34. The number of ether oxygens (including phenoxy) is 1. The van der Waals surface area contributed by atoms with Crippen LogP contribution in [-0.2, 0) is 20.5 Å². The van der Waals surface area contributed by atoms with E-state index in [-0.39, 0.29) is 11.3 Å². The molecule has 0 radical (unpaired) electrons. The minimum Gasteiger partial charge on any atom is -0.477 e. The lowest BCUT2D eigenvalue weighted by atomic mass is 10.1. The zero-order valence-electron chi connectivity index (χ0n) is 18.2. The monoisotopic (exact) mass is 437 g/mol. The number of rotatable bonds is 0. The van der Waals surface area contributed by atoms with Crippen LogP contribution < -0.4 is 9.64 Å². The molecule has 0 spiro atoms. The van der Waals surface area contributed by atoms with Gasteiger partial charge in [0, 0.05) is 50.5 Å². The number of carbonyl (C=O) groups is 1. The van der Waals surface area contributed by atoms with E-state index >= 15 is 0 Å². The Labute approximate surface area is 184 Å². The van der Waals surface area contributed by atoms with Crippen LogP contribution in [0.15, 0.2) is 29.5 Å². The Morgan fingerprint density at radius 3 is 2.94 bits per heavy atom. The molecule has 0 aliphatic carbocycles. The number of nitrogens with zero attached hydrogens (tertiary/aromatic N) is 7. The van der Waals surface area contributed by atoms with Crippen molar-refractivity contribution in [3.8, 4) is 17.1 Å².